The van der Waals surface area contributed by atoms with Gasteiger partial charge in [-0.1, -0.05) is 48.5 Å². The van der Waals surface area contributed by atoms with E-state index >= 15 is 0 Å². The molecule has 0 bridgehead atoms. The van der Waals surface area contributed by atoms with E-state index in [-0.39, 0.29) is 0 Å². The number of nitrogens with two attached hydrogens (primary N) is 1. The third-order valence-corrected chi connectivity index (χ3v) is 3.73. The van der Waals surface area contributed by atoms with Gasteiger partial charge in [0.1, 0.15) is 0 Å². The van der Waals surface area contributed by atoms with Crippen LogP contribution < -0.4 is 5.84 Å². The smallest absolute Gasteiger partial charge is 0.210 e. The van der Waals surface area contributed by atoms with Crippen molar-refractivity contribution in [2.24, 2.45) is 0 Å². The largest absolute Gasteiger partial charge is 0.336 e. The van der Waals surface area contributed by atoms with E-state index in [0.717, 1.165) is 28.6 Å². The summed E-state index contributed by atoms with van der Waals surface area (Å²) in [6, 6.07) is 7.75. The minimum absolute atomic E-state index is 0.710. The molecular weight excluding hydrogens is 256 g/mol. The van der Waals surface area contributed by atoms with Gasteiger partial charge in [-0.15, -0.1) is 10.2 Å². The molecule has 0 spiro atoms. The van der Waals surface area contributed by atoms with Gasteiger partial charge in [0, 0.05) is 17.2 Å². The second-order valence-electron chi connectivity index (χ2n) is 3.50. The van der Waals surface area contributed by atoms with Gasteiger partial charge in [-0.2, -0.15) is 0 Å². The summed E-state index contributed by atoms with van der Waals surface area (Å²) in [5.74, 6) is 7.37. The van der Waals surface area contributed by atoms with Crippen LogP contribution in [-0.4, -0.2) is 14.9 Å². The lowest BCUT2D eigenvalue weighted by Crippen LogP contribution is -2.13. The van der Waals surface area contributed by atoms with E-state index in [9.17, 15) is 0 Å². The zero-order valence-electron chi connectivity index (χ0n) is 9.43. The molecule has 2 rings (SSSR count). The molecule has 90 valence electrons. The van der Waals surface area contributed by atoms with E-state index < -0.39 is 0 Å². The average molecular weight is 269 g/mol. The zero-order chi connectivity index (χ0) is 12.3. The quantitative estimate of drug-likeness (QED) is 0.684. The van der Waals surface area contributed by atoms with E-state index in [2.05, 4.69) is 10.2 Å². The molecule has 0 unspecified atom stereocenters. The predicted molar refractivity (Wildman–Crippen MR) is 70.6 cm³/mol. The van der Waals surface area contributed by atoms with Crippen LogP contribution >= 0.6 is 23.4 Å². The Balaban J connectivity index is 2.07. The van der Waals surface area contributed by atoms with E-state index in [4.69, 9.17) is 17.4 Å². The number of thioether (sulfide) groups is 1. The number of halogens is 1. The van der Waals surface area contributed by atoms with Crippen LogP contribution in [0.2, 0.25) is 5.02 Å². The first kappa shape index (κ1) is 12.3. The van der Waals surface area contributed by atoms with Gasteiger partial charge < -0.3 is 5.84 Å². The fourth-order valence-electron chi connectivity index (χ4n) is 1.40. The molecule has 0 amide bonds. The third-order valence-electron chi connectivity index (χ3n) is 2.37. The van der Waals surface area contributed by atoms with Gasteiger partial charge in [0.05, 0.1) is 0 Å². The van der Waals surface area contributed by atoms with Crippen molar-refractivity contribution in [1.29, 1.82) is 0 Å². The average Bonchev–Trinajstić information content (AvgIpc) is 2.69. The molecular formula is C11H13ClN4S. The summed E-state index contributed by atoms with van der Waals surface area (Å²) >= 11 is 7.61. The van der Waals surface area contributed by atoms with Gasteiger partial charge in [-0.25, -0.2) is 4.68 Å². The van der Waals surface area contributed by atoms with E-state index in [1.165, 1.54) is 16.4 Å². The minimum atomic E-state index is 0.710. The molecule has 0 saturated heterocycles. The molecule has 0 atom stereocenters. The Hall–Kier alpha value is -1.20. The van der Waals surface area contributed by atoms with Gasteiger partial charge in [-0.3, -0.25) is 0 Å². The molecule has 1 aromatic carbocycles. The maximum absolute atomic E-state index is 6.08. The van der Waals surface area contributed by atoms with Crippen molar-refractivity contribution in [1.82, 2.24) is 14.9 Å². The third kappa shape index (κ3) is 2.73. The number of hydrogen-bond acceptors (Lipinski definition) is 4. The second-order valence-corrected chi connectivity index (χ2v) is 4.85. The van der Waals surface area contributed by atoms with E-state index in [1.807, 2.05) is 31.2 Å². The van der Waals surface area contributed by atoms with Crippen molar-refractivity contribution in [2.45, 2.75) is 24.3 Å². The lowest BCUT2D eigenvalue weighted by atomic mass is 10.2. The van der Waals surface area contributed by atoms with Crippen LogP contribution in [0.25, 0.3) is 0 Å². The highest BCUT2D eigenvalue weighted by atomic mass is 35.5. The molecule has 0 aliphatic rings. The molecule has 6 heteroatoms. The normalized spacial score (nSPS) is 10.7. The van der Waals surface area contributed by atoms with Crippen LogP contribution in [0.15, 0.2) is 29.4 Å². The molecule has 2 aromatic rings. The summed E-state index contributed by atoms with van der Waals surface area (Å²) in [7, 11) is 0. The molecule has 1 heterocycles. The lowest BCUT2D eigenvalue weighted by molar-refractivity contribution is 0.796. The van der Waals surface area contributed by atoms with Crippen LogP contribution in [0.5, 0.6) is 0 Å². The van der Waals surface area contributed by atoms with Crippen LogP contribution in [-0.2, 0) is 12.2 Å². The first-order valence-corrected chi connectivity index (χ1v) is 6.64. The number of aromatic nitrogens is 3. The Bertz CT molecular complexity index is 512. The number of nitrogen functional groups attached to an aromatic ring is 1. The van der Waals surface area contributed by atoms with Crippen molar-refractivity contribution in [3.05, 3.63) is 40.7 Å². The fraction of sp³-hybridized carbons (Fsp3) is 0.273. The number of benzene rings is 1. The zero-order valence-corrected chi connectivity index (χ0v) is 11.0. The molecule has 1 aromatic heterocycles. The van der Waals surface area contributed by atoms with Gasteiger partial charge >= 0.3 is 0 Å². The van der Waals surface area contributed by atoms with Crippen molar-refractivity contribution in [2.75, 3.05) is 5.84 Å². The number of rotatable bonds is 4. The van der Waals surface area contributed by atoms with Gasteiger partial charge in [0.25, 0.3) is 0 Å². The molecule has 0 fully saturated rings. The highest BCUT2D eigenvalue weighted by Crippen LogP contribution is 2.24. The van der Waals surface area contributed by atoms with Crippen LogP contribution in [0.4, 0.5) is 0 Å². The lowest BCUT2D eigenvalue weighted by Gasteiger charge is -2.04. The van der Waals surface area contributed by atoms with Crippen LogP contribution in [0.1, 0.15) is 18.3 Å². The Morgan fingerprint density at radius 2 is 2.12 bits per heavy atom. The van der Waals surface area contributed by atoms with Crippen LogP contribution in [0.3, 0.4) is 0 Å². The predicted octanol–water partition coefficient (Wildman–Crippen LogP) is 2.50. The molecule has 0 saturated carbocycles. The van der Waals surface area contributed by atoms with E-state index in [0.29, 0.717) is 5.16 Å². The maximum Gasteiger partial charge on any atom is 0.210 e. The summed E-state index contributed by atoms with van der Waals surface area (Å²) < 4.78 is 1.53. The number of aryl methyl sites for hydroxylation is 1. The molecule has 0 aliphatic heterocycles. The first-order valence-electron chi connectivity index (χ1n) is 5.28. The molecule has 0 radical (unpaired) electrons. The highest BCUT2D eigenvalue weighted by Gasteiger charge is 2.09. The van der Waals surface area contributed by atoms with Gasteiger partial charge in [0.15, 0.2) is 5.82 Å². The Morgan fingerprint density at radius 1 is 1.35 bits per heavy atom. The van der Waals surface area contributed by atoms with Gasteiger partial charge in [-0.05, 0) is 11.6 Å². The number of nitrogens with zero attached hydrogens (tertiary/aromatic N) is 3. The van der Waals surface area contributed by atoms with Crippen molar-refractivity contribution >= 4 is 23.4 Å². The van der Waals surface area contributed by atoms with Crippen LogP contribution in [0, 0.1) is 0 Å². The molecule has 2 N–H and O–H groups in total. The summed E-state index contributed by atoms with van der Waals surface area (Å²) in [4.78, 5) is 0. The maximum atomic E-state index is 6.08. The highest BCUT2D eigenvalue weighted by molar-refractivity contribution is 7.98. The van der Waals surface area contributed by atoms with E-state index in [1.54, 1.807) is 0 Å². The Kier molecular flexibility index (Phi) is 3.91. The molecule has 0 aliphatic carbocycles. The first-order chi connectivity index (χ1) is 8.22. The minimum Gasteiger partial charge on any atom is -0.336 e. The molecule has 17 heavy (non-hydrogen) atoms. The fourth-order valence-corrected chi connectivity index (χ4v) is 2.57. The SMILES string of the molecule is CCc1nnc(SCc2ccccc2Cl)n1N. The van der Waals surface area contributed by atoms with Crippen molar-refractivity contribution in [3.8, 4) is 0 Å². The Morgan fingerprint density at radius 3 is 2.76 bits per heavy atom. The van der Waals surface area contributed by atoms with Crippen molar-refractivity contribution < 1.29 is 0 Å². The Labute approximate surface area is 109 Å². The summed E-state index contributed by atoms with van der Waals surface area (Å²) in [6.07, 6.45) is 0.774. The monoisotopic (exact) mass is 268 g/mol. The molecule has 4 nitrogen and oxygen atoms in total. The summed E-state index contributed by atoms with van der Waals surface area (Å²) in [5, 5.41) is 9.51. The summed E-state index contributed by atoms with van der Waals surface area (Å²) in [5.41, 5.74) is 1.07. The topological polar surface area (TPSA) is 56.7 Å². The standard InChI is InChI=1S/C11H13ClN4S/c1-2-10-14-15-11(16(10)13)17-7-8-5-3-4-6-9(8)12/h3-6H,2,7,13H2,1H3. The van der Waals surface area contributed by atoms with Gasteiger partial charge in [0.2, 0.25) is 5.16 Å². The summed E-state index contributed by atoms with van der Waals surface area (Å²) in [6.45, 7) is 2.00. The second kappa shape index (κ2) is 5.42. The van der Waals surface area contributed by atoms with Crippen molar-refractivity contribution in [3.63, 3.8) is 0 Å². The number of hydrogen-bond donors (Lipinski definition) is 1.